The molecule has 1 aliphatic heterocycles. The molecule has 1 aromatic carbocycles. The lowest BCUT2D eigenvalue weighted by molar-refractivity contribution is -0.908. The number of ether oxygens (including phenoxy) is 1. The Bertz CT molecular complexity index is 573. The highest BCUT2D eigenvalue weighted by Crippen LogP contribution is 2.23. The van der Waals surface area contributed by atoms with Crippen LogP contribution in [-0.2, 0) is 19.7 Å². The minimum atomic E-state index is -0.623. The Morgan fingerprint density at radius 3 is 2.32 bits per heavy atom. The van der Waals surface area contributed by atoms with Crippen LogP contribution in [0.1, 0.15) is 32.8 Å². The molecule has 1 aliphatic rings. The van der Waals surface area contributed by atoms with Crippen molar-refractivity contribution in [3.8, 4) is 0 Å². The summed E-state index contributed by atoms with van der Waals surface area (Å²) in [7, 11) is 0. The average molecular weight is 348 g/mol. The molecule has 0 aromatic heterocycles. The summed E-state index contributed by atoms with van der Waals surface area (Å²) in [6.07, 6.45) is 0.856. The van der Waals surface area contributed by atoms with Crippen LogP contribution in [0.25, 0.3) is 0 Å². The Balaban J connectivity index is 1.70. The molecule has 2 rings (SSSR count). The van der Waals surface area contributed by atoms with Crippen molar-refractivity contribution >= 4 is 17.5 Å². The summed E-state index contributed by atoms with van der Waals surface area (Å²) in [6, 6.07) is 7.60. The van der Waals surface area contributed by atoms with Gasteiger partial charge in [0.1, 0.15) is 13.1 Å². The number of carbonyl (C=O) groups is 2. The smallest absolute Gasteiger partial charge is 0.313 e. The lowest BCUT2D eigenvalue weighted by Gasteiger charge is -2.23. The first kappa shape index (κ1) is 19.4. The average Bonchev–Trinajstić information content (AvgIpc) is 2.59. The lowest BCUT2D eigenvalue weighted by atomic mass is 9.87. The Morgan fingerprint density at radius 2 is 1.72 bits per heavy atom. The highest BCUT2D eigenvalue weighted by molar-refractivity contribution is 6.39. The standard InChI is InChI=1S/C19H29N3O3/c1-19(2,3)15-5-7-16(8-6-15)21-18(24)17(23)20-9-4-10-22-11-13-25-14-12-22/h5-8H,4,9-14H2,1-3H3,(H,20,23)(H,21,24)/p+1. The van der Waals surface area contributed by atoms with Crippen molar-refractivity contribution in [3.63, 3.8) is 0 Å². The van der Waals surface area contributed by atoms with E-state index in [1.54, 1.807) is 0 Å². The second-order valence-electron chi connectivity index (χ2n) is 7.50. The molecule has 0 atom stereocenters. The topological polar surface area (TPSA) is 71.9 Å². The summed E-state index contributed by atoms with van der Waals surface area (Å²) in [5.41, 5.74) is 1.87. The van der Waals surface area contributed by atoms with Crippen LogP contribution in [0.5, 0.6) is 0 Å². The van der Waals surface area contributed by atoms with Crippen molar-refractivity contribution in [1.29, 1.82) is 0 Å². The van der Waals surface area contributed by atoms with Gasteiger partial charge >= 0.3 is 11.8 Å². The van der Waals surface area contributed by atoms with Crippen LogP contribution in [0.3, 0.4) is 0 Å². The third-order valence-electron chi connectivity index (χ3n) is 4.41. The Hall–Kier alpha value is -1.92. The zero-order valence-electron chi connectivity index (χ0n) is 15.5. The van der Waals surface area contributed by atoms with E-state index in [0.29, 0.717) is 12.2 Å². The fraction of sp³-hybridized carbons (Fsp3) is 0.579. The second-order valence-corrected chi connectivity index (χ2v) is 7.50. The van der Waals surface area contributed by atoms with Crippen LogP contribution in [0.15, 0.2) is 24.3 Å². The second kappa shape index (κ2) is 8.97. The highest BCUT2D eigenvalue weighted by Gasteiger charge is 2.16. The van der Waals surface area contributed by atoms with Gasteiger partial charge in [0.2, 0.25) is 0 Å². The molecule has 1 aromatic rings. The molecule has 3 N–H and O–H groups in total. The van der Waals surface area contributed by atoms with E-state index in [1.165, 1.54) is 10.5 Å². The van der Waals surface area contributed by atoms with Gasteiger partial charge in [-0.05, 0) is 23.1 Å². The summed E-state index contributed by atoms with van der Waals surface area (Å²) < 4.78 is 5.31. The number of nitrogens with one attached hydrogen (secondary N) is 3. The van der Waals surface area contributed by atoms with Crippen LogP contribution in [-0.4, -0.2) is 51.2 Å². The zero-order valence-corrected chi connectivity index (χ0v) is 15.5. The SMILES string of the molecule is CC(C)(C)c1ccc(NC(=O)C(=O)NCCC[NH+]2CCOCC2)cc1. The van der Waals surface area contributed by atoms with Crippen molar-refractivity contribution in [1.82, 2.24) is 5.32 Å². The molecule has 1 saturated heterocycles. The zero-order chi connectivity index (χ0) is 18.3. The summed E-state index contributed by atoms with van der Waals surface area (Å²) in [4.78, 5) is 25.3. The number of hydrogen-bond acceptors (Lipinski definition) is 3. The van der Waals surface area contributed by atoms with Gasteiger partial charge in [-0.3, -0.25) is 9.59 Å². The molecule has 6 nitrogen and oxygen atoms in total. The highest BCUT2D eigenvalue weighted by atomic mass is 16.5. The van der Waals surface area contributed by atoms with Crippen molar-refractivity contribution in [2.24, 2.45) is 0 Å². The third-order valence-corrected chi connectivity index (χ3v) is 4.41. The van der Waals surface area contributed by atoms with Crippen LogP contribution in [0.2, 0.25) is 0 Å². The monoisotopic (exact) mass is 348 g/mol. The van der Waals surface area contributed by atoms with Gasteiger partial charge in [-0.15, -0.1) is 0 Å². The Kier molecular flexibility index (Phi) is 6.96. The van der Waals surface area contributed by atoms with Crippen LogP contribution >= 0.6 is 0 Å². The molecule has 25 heavy (non-hydrogen) atoms. The van der Waals surface area contributed by atoms with Gasteiger partial charge in [-0.2, -0.15) is 0 Å². The molecule has 0 unspecified atom stereocenters. The van der Waals surface area contributed by atoms with Crippen molar-refractivity contribution in [2.75, 3.05) is 44.7 Å². The number of carbonyl (C=O) groups excluding carboxylic acids is 2. The van der Waals surface area contributed by atoms with Crippen molar-refractivity contribution < 1.29 is 19.2 Å². The fourth-order valence-corrected chi connectivity index (χ4v) is 2.77. The first-order valence-electron chi connectivity index (χ1n) is 8.97. The van der Waals surface area contributed by atoms with E-state index in [2.05, 4.69) is 31.4 Å². The molecule has 138 valence electrons. The van der Waals surface area contributed by atoms with E-state index in [9.17, 15) is 9.59 Å². The Morgan fingerprint density at radius 1 is 1.08 bits per heavy atom. The summed E-state index contributed by atoms with van der Waals surface area (Å²) >= 11 is 0. The van der Waals surface area contributed by atoms with Crippen molar-refractivity contribution in [3.05, 3.63) is 29.8 Å². The van der Waals surface area contributed by atoms with Crippen molar-refractivity contribution in [2.45, 2.75) is 32.6 Å². The van der Waals surface area contributed by atoms with Gasteiger partial charge in [0.05, 0.1) is 19.8 Å². The largest absolute Gasteiger partial charge is 0.370 e. The molecule has 6 heteroatoms. The normalized spacial score (nSPS) is 15.6. The summed E-state index contributed by atoms with van der Waals surface area (Å²) in [5, 5.41) is 5.32. The number of anilines is 1. The van der Waals surface area contributed by atoms with Crippen LogP contribution in [0, 0.1) is 0 Å². The van der Waals surface area contributed by atoms with Crippen LogP contribution in [0.4, 0.5) is 5.69 Å². The molecule has 0 bridgehead atoms. The lowest BCUT2D eigenvalue weighted by Crippen LogP contribution is -3.14. The van der Waals surface area contributed by atoms with E-state index >= 15 is 0 Å². The quantitative estimate of drug-likeness (QED) is 0.531. The fourth-order valence-electron chi connectivity index (χ4n) is 2.77. The van der Waals surface area contributed by atoms with Gasteiger partial charge in [0.25, 0.3) is 0 Å². The maximum absolute atomic E-state index is 11.9. The van der Waals surface area contributed by atoms with E-state index in [4.69, 9.17) is 4.74 Å². The third kappa shape index (κ3) is 6.48. The molecule has 1 heterocycles. The molecule has 0 aliphatic carbocycles. The molecule has 0 spiro atoms. The summed E-state index contributed by atoms with van der Waals surface area (Å²) in [6.45, 7) is 11.5. The van der Waals surface area contributed by atoms with Gasteiger partial charge < -0.3 is 20.3 Å². The number of hydrogen-bond donors (Lipinski definition) is 3. The molecule has 0 radical (unpaired) electrons. The Labute approximate surface area is 149 Å². The number of benzene rings is 1. The maximum atomic E-state index is 11.9. The van der Waals surface area contributed by atoms with Gasteiger partial charge in [0.15, 0.2) is 0 Å². The molecule has 1 fully saturated rings. The molecule has 2 amide bonds. The van der Waals surface area contributed by atoms with Gasteiger partial charge in [-0.1, -0.05) is 32.9 Å². The molecular formula is C19H30N3O3+. The first-order chi connectivity index (χ1) is 11.9. The molecule has 0 saturated carbocycles. The van der Waals surface area contributed by atoms with Gasteiger partial charge in [-0.25, -0.2) is 0 Å². The maximum Gasteiger partial charge on any atom is 0.313 e. The minimum absolute atomic E-state index is 0.0579. The minimum Gasteiger partial charge on any atom is -0.370 e. The predicted octanol–water partition coefficient (Wildman–Crippen LogP) is 0.344. The number of morpholine rings is 1. The van der Waals surface area contributed by atoms with Crippen LogP contribution < -0.4 is 15.5 Å². The first-order valence-corrected chi connectivity index (χ1v) is 8.97. The van der Waals surface area contributed by atoms with E-state index in [0.717, 1.165) is 39.3 Å². The number of rotatable bonds is 5. The number of amides is 2. The van der Waals surface area contributed by atoms with E-state index in [1.807, 2.05) is 24.3 Å². The van der Waals surface area contributed by atoms with E-state index in [-0.39, 0.29) is 5.41 Å². The predicted molar refractivity (Wildman–Crippen MR) is 97.8 cm³/mol. The number of quaternary nitrogens is 1. The molecular weight excluding hydrogens is 318 g/mol. The summed E-state index contributed by atoms with van der Waals surface area (Å²) in [5.74, 6) is -1.21. The van der Waals surface area contributed by atoms with E-state index < -0.39 is 11.8 Å². The van der Waals surface area contributed by atoms with Gasteiger partial charge in [0, 0.05) is 18.7 Å².